The van der Waals surface area contributed by atoms with Gasteiger partial charge in [0, 0.05) is 22.7 Å². The number of hydrogen-bond acceptors (Lipinski definition) is 2. The summed E-state index contributed by atoms with van der Waals surface area (Å²) in [6.07, 6.45) is 0. The third-order valence-corrected chi connectivity index (χ3v) is 13.0. The second-order valence-electron chi connectivity index (χ2n) is 16.5. The van der Waals surface area contributed by atoms with E-state index < -0.39 is 5.41 Å². The summed E-state index contributed by atoms with van der Waals surface area (Å²) in [4.78, 5) is 4.86. The van der Waals surface area contributed by atoms with E-state index in [2.05, 4.69) is 265 Å². The number of rotatable bonds is 7. The SMILES string of the molecule is c1ccc(-c2ccc(N(c3cccc(-c4cccc(-c5ccccc5)c4)c3)c3ccc4c(c3)-c3ccccc3C43c4ccccc4N(c4ccccc4)c4ccccc43)cc2)cc1. The molecule has 1 aliphatic carbocycles. The Labute approximate surface area is 369 Å². The number of benzene rings is 10. The first kappa shape index (κ1) is 36.6. The number of hydrogen-bond donors (Lipinski definition) is 0. The van der Waals surface area contributed by atoms with E-state index in [-0.39, 0.29) is 0 Å². The molecule has 10 aromatic rings. The Balaban J connectivity index is 1.05. The first-order valence-electron chi connectivity index (χ1n) is 21.8. The normalized spacial score (nSPS) is 12.9. The molecular formula is C61H42N2. The van der Waals surface area contributed by atoms with E-state index in [0.29, 0.717) is 0 Å². The summed E-state index contributed by atoms with van der Waals surface area (Å²) in [5.74, 6) is 0. The van der Waals surface area contributed by atoms with Gasteiger partial charge in [-0.2, -0.15) is 0 Å². The highest BCUT2D eigenvalue weighted by Crippen LogP contribution is 2.63. The summed E-state index contributed by atoms with van der Waals surface area (Å²) in [6, 6.07) is 93.2. The summed E-state index contributed by atoms with van der Waals surface area (Å²) >= 11 is 0. The largest absolute Gasteiger partial charge is 0.310 e. The molecule has 2 heteroatoms. The van der Waals surface area contributed by atoms with Crippen molar-refractivity contribution in [3.63, 3.8) is 0 Å². The summed E-state index contributed by atoms with van der Waals surface area (Å²) in [5, 5.41) is 0. The van der Waals surface area contributed by atoms with E-state index in [0.717, 1.165) is 22.7 Å². The minimum Gasteiger partial charge on any atom is -0.310 e. The van der Waals surface area contributed by atoms with Crippen LogP contribution in [0.2, 0.25) is 0 Å². The van der Waals surface area contributed by atoms with Crippen LogP contribution in [0.25, 0.3) is 44.5 Å². The van der Waals surface area contributed by atoms with Crippen molar-refractivity contribution in [2.45, 2.75) is 5.41 Å². The lowest BCUT2D eigenvalue weighted by Gasteiger charge is -2.45. The molecule has 12 rings (SSSR count). The molecule has 1 aliphatic heterocycles. The topological polar surface area (TPSA) is 6.48 Å². The maximum Gasteiger partial charge on any atom is 0.0754 e. The Kier molecular flexibility index (Phi) is 8.76. The van der Waals surface area contributed by atoms with Crippen molar-refractivity contribution in [3.8, 4) is 44.5 Å². The van der Waals surface area contributed by atoms with Crippen LogP contribution in [0.5, 0.6) is 0 Å². The third-order valence-electron chi connectivity index (χ3n) is 13.0. The summed E-state index contributed by atoms with van der Waals surface area (Å²) in [7, 11) is 0. The Morgan fingerprint density at radius 2 is 0.714 bits per heavy atom. The molecule has 0 unspecified atom stereocenters. The van der Waals surface area contributed by atoms with Crippen molar-refractivity contribution in [2.75, 3.05) is 9.80 Å². The molecule has 0 aromatic heterocycles. The molecule has 2 nitrogen and oxygen atoms in total. The lowest BCUT2D eigenvalue weighted by atomic mass is 9.64. The monoisotopic (exact) mass is 802 g/mol. The molecule has 0 saturated carbocycles. The lowest BCUT2D eigenvalue weighted by Crippen LogP contribution is -2.36. The van der Waals surface area contributed by atoms with Crippen LogP contribution in [0.15, 0.2) is 255 Å². The van der Waals surface area contributed by atoms with Gasteiger partial charge in [-0.25, -0.2) is 0 Å². The fourth-order valence-corrected chi connectivity index (χ4v) is 10.3. The first-order chi connectivity index (χ1) is 31.3. The van der Waals surface area contributed by atoms with Crippen molar-refractivity contribution in [2.24, 2.45) is 0 Å². The van der Waals surface area contributed by atoms with Crippen molar-refractivity contribution in [3.05, 3.63) is 277 Å². The molecule has 0 amide bonds. The lowest BCUT2D eigenvalue weighted by molar-refractivity contribution is 0.752. The van der Waals surface area contributed by atoms with Gasteiger partial charge in [0.05, 0.1) is 16.8 Å². The number of nitrogens with zero attached hydrogens (tertiary/aromatic N) is 2. The summed E-state index contributed by atoms with van der Waals surface area (Å²) in [5.41, 5.74) is 21.2. The Bertz CT molecular complexity index is 3230. The molecule has 0 atom stereocenters. The van der Waals surface area contributed by atoms with Crippen molar-refractivity contribution in [1.82, 2.24) is 0 Å². The minimum absolute atomic E-state index is 0.519. The molecule has 2 aliphatic rings. The predicted molar refractivity (Wildman–Crippen MR) is 263 cm³/mol. The van der Waals surface area contributed by atoms with E-state index in [1.165, 1.54) is 78.1 Å². The smallest absolute Gasteiger partial charge is 0.0754 e. The van der Waals surface area contributed by atoms with E-state index in [1.54, 1.807) is 0 Å². The highest BCUT2D eigenvalue weighted by atomic mass is 15.2. The van der Waals surface area contributed by atoms with Crippen LogP contribution in [0.3, 0.4) is 0 Å². The molecule has 10 aromatic carbocycles. The van der Waals surface area contributed by atoms with Crippen LogP contribution in [-0.4, -0.2) is 0 Å². The first-order valence-corrected chi connectivity index (χ1v) is 21.8. The minimum atomic E-state index is -0.519. The van der Waals surface area contributed by atoms with Gasteiger partial charge < -0.3 is 9.80 Å². The maximum absolute atomic E-state index is 2.44. The van der Waals surface area contributed by atoms with Crippen molar-refractivity contribution in [1.29, 1.82) is 0 Å². The van der Waals surface area contributed by atoms with Crippen LogP contribution in [-0.2, 0) is 5.41 Å². The third kappa shape index (κ3) is 5.95. The van der Waals surface area contributed by atoms with Crippen LogP contribution in [0, 0.1) is 0 Å². The quantitative estimate of drug-likeness (QED) is 0.158. The van der Waals surface area contributed by atoms with Gasteiger partial charge in [0.15, 0.2) is 0 Å². The van der Waals surface area contributed by atoms with Crippen LogP contribution in [0.4, 0.5) is 34.1 Å². The average molecular weight is 803 g/mol. The van der Waals surface area contributed by atoms with Crippen LogP contribution in [0.1, 0.15) is 22.3 Å². The molecular weight excluding hydrogens is 761 g/mol. The van der Waals surface area contributed by atoms with Gasteiger partial charge in [0.1, 0.15) is 0 Å². The second-order valence-corrected chi connectivity index (χ2v) is 16.5. The standard InChI is InChI=1S/C61H42N2/c1-4-18-43(19-5-1)45-34-36-50(37-35-45)62(51-27-17-24-48(41-51)47-23-16-22-46(40-47)44-20-6-2-7-21-44)52-38-39-56-54(42-52)53-28-10-11-29-55(53)61(56)57-30-12-14-32-59(57)63(49-25-8-3-9-26-49)60-33-15-13-31-58(60)61/h1-42H. The molecule has 1 heterocycles. The average Bonchev–Trinajstić information content (AvgIpc) is 3.65. The fourth-order valence-electron chi connectivity index (χ4n) is 10.3. The van der Waals surface area contributed by atoms with Gasteiger partial charge in [-0.1, -0.05) is 188 Å². The predicted octanol–water partition coefficient (Wildman–Crippen LogP) is 16.3. The maximum atomic E-state index is 2.44. The fraction of sp³-hybridized carbons (Fsp3) is 0.0164. The van der Waals surface area contributed by atoms with E-state index in [4.69, 9.17) is 0 Å². The second kappa shape index (κ2) is 15.1. The number of para-hydroxylation sites is 3. The van der Waals surface area contributed by atoms with Gasteiger partial charge in [-0.05, 0) is 133 Å². The van der Waals surface area contributed by atoms with E-state index in [1.807, 2.05) is 0 Å². The molecule has 0 fully saturated rings. The van der Waals surface area contributed by atoms with Gasteiger partial charge in [0.25, 0.3) is 0 Å². The molecule has 0 bridgehead atoms. The van der Waals surface area contributed by atoms with E-state index >= 15 is 0 Å². The zero-order valence-corrected chi connectivity index (χ0v) is 34.6. The Morgan fingerprint density at radius 1 is 0.270 bits per heavy atom. The molecule has 63 heavy (non-hydrogen) atoms. The van der Waals surface area contributed by atoms with Gasteiger partial charge in [0.2, 0.25) is 0 Å². The molecule has 0 radical (unpaired) electrons. The highest BCUT2D eigenvalue weighted by Gasteiger charge is 2.51. The van der Waals surface area contributed by atoms with Crippen LogP contribution >= 0.6 is 0 Å². The summed E-state index contributed by atoms with van der Waals surface area (Å²) in [6.45, 7) is 0. The highest BCUT2D eigenvalue weighted by molar-refractivity contribution is 5.97. The van der Waals surface area contributed by atoms with Gasteiger partial charge >= 0.3 is 0 Å². The zero-order valence-electron chi connectivity index (χ0n) is 34.6. The number of fused-ring (bicyclic) bond motifs is 9. The van der Waals surface area contributed by atoms with Crippen LogP contribution < -0.4 is 9.80 Å². The van der Waals surface area contributed by atoms with Gasteiger partial charge in [-0.3, -0.25) is 0 Å². The van der Waals surface area contributed by atoms with Crippen molar-refractivity contribution >= 4 is 34.1 Å². The summed E-state index contributed by atoms with van der Waals surface area (Å²) < 4.78 is 0. The Hall–Kier alpha value is -8.20. The van der Waals surface area contributed by atoms with Gasteiger partial charge in [-0.15, -0.1) is 0 Å². The Morgan fingerprint density at radius 3 is 1.38 bits per heavy atom. The van der Waals surface area contributed by atoms with Crippen molar-refractivity contribution < 1.29 is 0 Å². The molecule has 296 valence electrons. The zero-order chi connectivity index (χ0) is 41.7. The molecule has 0 saturated heterocycles. The van der Waals surface area contributed by atoms with E-state index in [9.17, 15) is 0 Å². The number of anilines is 6. The molecule has 1 spiro atoms. The molecule has 0 N–H and O–H groups in total.